The molecule has 2 aromatic heterocycles. The fourth-order valence-corrected chi connectivity index (χ4v) is 5.94. The maximum atomic E-state index is 13.7. The zero-order valence-corrected chi connectivity index (χ0v) is 24.3. The normalized spacial score (nSPS) is 15.0. The molecule has 5 aromatic rings. The summed E-state index contributed by atoms with van der Waals surface area (Å²) in [5.41, 5.74) is 8.91. The lowest BCUT2D eigenvalue weighted by Crippen LogP contribution is -2.49. The number of pyridine rings is 1. The molecule has 1 saturated heterocycles. The van der Waals surface area contributed by atoms with E-state index in [0.717, 1.165) is 49.1 Å². The molecule has 3 aromatic carbocycles. The first-order valence-electron chi connectivity index (χ1n) is 14.4. The SMILES string of the molecule is Cc1cc2cc(C(c3nnnn3CCc3ccccc3)N3CCN(c4cccc(C)c4C)CC3)c(=O)[nH]c2cc1C. The Labute approximate surface area is 240 Å². The molecule has 1 atom stereocenters. The maximum absolute atomic E-state index is 13.7. The highest BCUT2D eigenvalue weighted by Crippen LogP contribution is 2.31. The molecule has 6 rings (SSSR count). The van der Waals surface area contributed by atoms with Gasteiger partial charge in [-0.25, -0.2) is 4.68 Å². The van der Waals surface area contributed by atoms with E-state index in [1.54, 1.807) is 0 Å². The van der Waals surface area contributed by atoms with Crippen molar-refractivity contribution in [3.63, 3.8) is 0 Å². The van der Waals surface area contributed by atoms with Crippen LogP contribution in [0, 0.1) is 27.7 Å². The first-order valence-corrected chi connectivity index (χ1v) is 14.4. The monoisotopic (exact) mass is 547 g/mol. The molecule has 1 N–H and O–H groups in total. The van der Waals surface area contributed by atoms with Crippen molar-refractivity contribution in [2.45, 2.75) is 46.7 Å². The number of aromatic amines is 1. The highest BCUT2D eigenvalue weighted by Gasteiger charge is 2.33. The Morgan fingerprint density at radius 3 is 2.39 bits per heavy atom. The van der Waals surface area contributed by atoms with E-state index in [4.69, 9.17) is 0 Å². The van der Waals surface area contributed by atoms with Gasteiger partial charge in [-0.2, -0.15) is 0 Å². The highest BCUT2D eigenvalue weighted by molar-refractivity contribution is 5.81. The van der Waals surface area contributed by atoms with Gasteiger partial charge >= 0.3 is 0 Å². The Morgan fingerprint density at radius 2 is 1.61 bits per heavy atom. The van der Waals surface area contributed by atoms with E-state index in [1.165, 1.54) is 27.9 Å². The molecule has 1 fully saturated rings. The van der Waals surface area contributed by atoms with Crippen LogP contribution in [0.4, 0.5) is 5.69 Å². The summed E-state index contributed by atoms with van der Waals surface area (Å²) < 4.78 is 1.87. The van der Waals surface area contributed by atoms with Gasteiger partial charge in [-0.05, 0) is 102 Å². The smallest absolute Gasteiger partial charge is 0.253 e. The molecule has 0 aliphatic carbocycles. The lowest BCUT2D eigenvalue weighted by molar-refractivity contribution is 0.199. The van der Waals surface area contributed by atoms with Crippen molar-refractivity contribution in [1.82, 2.24) is 30.1 Å². The van der Waals surface area contributed by atoms with Crippen molar-refractivity contribution in [2.75, 3.05) is 31.1 Å². The first-order chi connectivity index (χ1) is 19.9. The topological polar surface area (TPSA) is 82.9 Å². The van der Waals surface area contributed by atoms with Crippen LogP contribution in [-0.2, 0) is 13.0 Å². The number of anilines is 1. The van der Waals surface area contributed by atoms with Gasteiger partial charge in [0.15, 0.2) is 5.82 Å². The van der Waals surface area contributed by atoms with Crippen LogP contribution >= 0.6 is 0 Å². The van der Waals surface area contributed by atoms with Gasteiger partial charge in [-0.15, -0.1) is 5.10 Å². The van der Waals surface area contributed by atoms with Crippen LogP contribution in [0.5, 0.6) is 0 Å². The summed E-state index contributed by atoms with van der Waals surface area (Å²) in [6.07, 6.45) is 0.804. The Hall–Kier alpha value is -4.30. The van der Waals surface area contributed by atoms with E-state index in [2.05, 4.69) is 100 Å². The molecule has 0 bridgehead atoms. The molecule has 1 aliphatic rings. The minimum Gasteiger partial charge on any atom is -0.369 e. The van der Waals surface area contributed by atoms with E-state index in [-0.39, 0.29) is 11.6 Å². The number of aromatic nitrogens is 5. The van der Waals surface area contributed by atoms with E-state index in [0.29, 0.717) is 17.9 Å². The molecular weight excluding hydrogens is 510 g/mol. The van der Waals surface area contributed by atoms with Crippen molar-refractivity contribution in [2.24, 2.45) is 0 Å². The van der Waals surface area contributed by atoms with Gasteiger partial charge in [0.2, 0.25) is 0 Å². The zero-order valence-electron chi connectivity index (χ0n) is 24.3. The van der Waals surface area contributed by atoms with Crippen molar-refractivity contribution in [3.8, 4) is 0 Å². The number of piperazine rings is 1. The summed E-state index contributed by atoms with van der Waals surface area (Å²) in [5.74, 6) is 0.704. The second-order valence-electron chi connectivity index (χ2n) is 11.2. The fraction of sp³-hybridized carbons (Fsp3) is 0.333. The Kier molecular flexibility index (Phi) is 7.41. The molecule has 3 heterocycles. The summed E-state index contributed by atoms with van der Waals surface area (Å²) in [6, 6.07) is 22.7. The van der Waals surface area contributed by atoms with E-state index in [9.17, 15) is 4.79 Å². The molecular formula is C33H37N7O. The first kappa shape index (κ1) is 26.9. The predicted octanol–water partition coefficient (Wildman–Crippen LogP) is 4.90. The molecule has 8 nitrogen and oxygen atoms in total. The Bertz CT molecular complexity index is 1730. The van der Waals surface area contributed by atoms with Gasteiger partial charge in [0.25, 0.3) is 5.56 Å². The largest absolute Gasteiger partial charge is 0.369 e. The molecule has 1 unspecified atom stereocenters. The second-order valence-corrected chi connectivity index (χ2v) is 11.2. The van der Waals surface area contributed by atoms with Crippen molar-refractivity contribution in [3.05, 3.63) is 116 Å². The number of nitrogens with one attached hydrogen (secondary N) is 1. The number of fused-ring (bicyclic) bond motifs is 1. The van der Waals surface area contributed by atoms with Gasteiger partial charge in [0, 0.05) is 49.5 Å². The minimum atomic E-state index is -0.365. The van der Waals surface area contributed by atoms with E-state index >= 15 is 0 Å². The summed E-state index contributed by atoms with van der Waals surface area (Å²) in [7, 11) is 0. The van der Waals surface area contributed by atoms with E-state index in [1.807, 2.05) is 28.9 Å². The van der Waals surface area contributed by atoms with Gasteiger partial charge in [0.1, 0.15) is 6.04 Å². The van der Waals surface area contributed by atoms with Crippen molar-refractivity contribution >= 4 is 16.6 Å². The number of H-pyrrole nitrogens is 1. The molecule has 41 heavy (non-hydrogen) atoms. The molecule has 0 spiro atoms. The van der Waals surface area contributed by atoms with Crippen LogP contribution in [-0.4, -0.2) is 56.3 Å². The number of hydrogen-bond donors (Lipinski definition) is 1. The third-order valence-corrected chi connectivity index (χ3v) is 8.64. The number of tetrazole rings is 1. The van der Waals surface area contributed by atoms with Gasteiger partial charge in [0.05, 0.1) is 0 Å². The van der Waals surface area contributed by atoms with Crippen molar-refractivity contribution < 1.29 is 0 Å². The van der Waals surface area contributed by atoms with Crippen LogP contribution in [0.15, 0.2) is 71.5 Å². The van der Waals surface area contributed by atoms with Gasteiger partial charge in [-0.3, -0.25) is 9.69 Å². The van der Waals surface area contributed by atoms with Crippen molar-refractivity contribution in [1.29, 1.82) is 0 Å². The Morgan fingerprint density at radius 1 is 0.854 bits per heavy atom. The molecule has 0 amide bonds. The minimum absolute atomic E-state index is 0.0969. The number of nitrogens with zero attached hydrogens (tertiary/aromatic N) is 6. The lowest BCUT2D eigenvalue weighted by atomic mass is 10.00. The maximum Gasteiger partial charge on any atom is 0.253 e. The third kappa shape index (κ3) is 5.39. The summed E-state index contributed by atoms with van der Waals surface area (Å²) in [5, 5.41) is 14.0. The van der Waals surface area contributed by atoms with Gasteiger partial charge < -0.3 is 9.88 Å². The molecule has 210 valence electrons. The number of rotatable bonds is 7. The fourth-order valence-electron chi connectivity index (χ4n) is 5.94. The van der Waals surface area contributed by atoms with Crippen LogP contribution in [0.2, 0.25) is 0 Å². The zero-order chi connectivity index (χ0) is 28.5. The van der Waals surface area contributed by atoms with Crippen LogP contribution < -0.4 is 10.5 Å². The van der Waals surface area contributed by atoms with E-state index < -0.39 is 0 Å². The standard InChI is InChI=1S/C33H37N7O/c1-22-9-8-12-30(25(22)4)38-15-17-39(18-16-38)31(28-21-27-19-23(2)24(3)20-29(27)34-33(28)41)32-35-36-37-40(32)14-13-26-10-6-5-7-11-26/h5-12,19-21,31H,13-18H2,1-4H3,(H,34,41). The number of aryl methyl sites for hydroxylation is 5. The van der Waals surface area contributed by atoms with Crippen LogP contribution in [0.3, 0.4) is 0 Å². The number of benzene rings is 3. The van der Waals surface area contributed by atoms with Crippen LogP contribution in [0.25, 0.3) is 10.9 Å². The molecule has 0 saturated carbocycles. The quantitative estimate of drug-likeness (QED) is 0.312. The average molecular weight is 548 g/mol. The third-order valence-electron chi connectivity index (χ3n) is 8.64. The summed E-state index contributed by atoms with van der Waals surface area (Å²) in [4.78, 5) is 21.7. The lowest BCUT2D eigenvalue weighted by Gasteiger charge is -2.40. The predicted molar refractivity (Wildman–Crippen MR) is 164 cm³/mol. The Balaban J connectivity index is 1.37. The summed E-state index contributed by atoms with van der Waals surface area (Å²) in [6.45, 7) is 12.5. The molecule has 8 heteroatoms. The van der Waals surface area contributed by atoms with Crippen LogP contribution in [0.1, 0.15) is 45.2 Å². The second kappa shape index (κ2) is 11.3. The number of hydrogen-bond acceptors (Lipinski definition) is 6. The van der Waals surface area contributed by atoms with Gasteiger partial charge in [-0.1, -0.05) is 42.5 Å². The highest BCUT2D eigenvalue weighted by atomic mass is 16.1. The molecule has 0 radical (unpaired) electrons. The molecule has 1 aliphatic heterocycles. The average Bonchev–Trinajstić information content (AvgIpc) is 3.44. The summed E-state index contributed by atoms with van der Waals surface area (Å²) >= 11 is 0.